The molecule has 3 heterocycles. The van der Waals surface area contributed by atoms with Gasteiger partial charge in [-0.15, -0.1) is 10.2 Å². The SMILES string of the molecule is Cn1c(SCC(=O)Nc2nc(-c3ccc(C(C)(C)C)cc3)c(-c3ccc(C(C)(C)C)cc3)s2)nnc1-c1ccco1. The van der Waals surface area contributed by atoms with Crippen molar-refractivity contribution < 1.29 is 9.21 Å². The zero-order valence-electron chi connectivity index (χ0n) is 24.5. The molecule has 0 saturated carbocycles. The Morgan fingerprint density at radius 3 is 2.07 bits per heavy atom. The number of thiazole rings is 1. The van der Waals surface area contributed by atoms with Gasteiger partial charge in [0.2, 0.25) is 5.91 Å². The van der Waals surface area contributed by atoms with Crippen LogP contribution in [0.5, 0.6) is 0 Å². The summed E-state index contributed by atoms with van der Waals surface area (Å²) in [5.41, 5.74) is 5.61. The van der Waals surface area contributed by atoms with Crippen molar-refractivity contribution in [3.63, 3.8) is 0 Å². The van der Waals surface area contributed by atoms with E-state index in [0.29, 0.717) is 21.9 Å². The van der Waals surface area contributed by atoms with Crippen LogP contribution in [0.25, 0.3) is 33.3 Å². The molecule has 0 aliphatic rings. The number of hydrogen-bond acceptors (Lipinski definition) is 7. The number of carbonyl (C=O) groups excluding carboxylic acids is 1. The third-order valence-electron chi connectivity index (χ3n) is 6.82. The molecular weight excluding hydrogens is 551 g/mol. The van der Waals surface area contributed by atoms with E-state index in [9.17, 15) is 4.79 Å². The lowest BCUT2D eigenvalue weighted by Gasteiger charge is -2.19. The molecule has 0 unspecified atom stereocenters. The first-order valence-corrected chi connectivity index (χ1v) is 15.3. The van der Waals surface area contributed by atoms with Crippen molar-refractivity contribution in [1.82, 2.24) is 19.7 Å². The van der Waals surface area contributed by atoms with Crippen molar-refractivity contribution in [3.8, 4) is 33.3 Å². The first-order chi connectivity index (χ1) is 19.4. The molecule has 0 aliphatic heterocycles. The van der Waals surface area contributed by atoms with E-state index in [1.807, 2.05) is 17.7 Å². The van der Waals surface area contributed by atoms with E-state index in [1.54, 1.807) is 12.3 Å². The Balaban J connectivity index is 1.38. The minimum absolute atomic E-state index is 0.0600. The third kappa shape index (κ3) is 6.47. The van der Waals surface area contributed by atoms with Gasteiger partial charge in [-0.1, -0.05) is 113 Å². The highest BCUT2D eigenvalue weighted by Gasteiger charge is 2.21. The molecule has 212 valence electrons. The number of aromatic nitrogens is 4. The molecule has 41 heavy (non-hydrogen) atoms. The van der Waals surface area contributed by atoms with Crippen LogP contribution in [-0.2, 0) is 22.7 Å². The predicted molar refractivity (Wildman–Crippen MR) is 168 cm³/mol. The molecule has 0 saturated heterocycles. The van der Waals surface area contributed by atoms with Crippen LogP contribution in [0, 0.1) is 0 Å². The molecule has 1 amide bonds. The summed E-state index contributed by atoms with van der Waals surface area (Å²) in [7, 11) is 1.85. The number of anilines is 1. The summed E-state index contributed by atoms with van der Waals surface area (Å²) in [4.78, 5) is 18.9. The van der Waals surface area contributed by atoms with Crippen LogP contribution in [-0.4, -0.2) is 31.4 Å². The number of hydrogen-bond donors (Lipinski definition) is 1. The van der Waals surface area contributed by atoms with Crippen LogP contribution < -0.4 is 5.32 Å². The Morgan fingerprint density at radius 2 is 1.51 bits per heavy atom. The molecular formula is C32H35N5O2S2. The first kappa shape index (κ1) is 28.8. The second-order valence-electron chi connectivity index (χ2n) is 12.0. The highest BCUT2D eigenvalue weighted by atomic mass is 32.2. The average Bonchev–Trinajstić information content (AvgIpc) is 3.67. The lowest BCUT2D eigenvalue weighted by molar-refractivity contribution is -0.113. The lowest BCUT2D eigenvalue weighted by Crippen LogP contribution is -2.14. The van der Waals surface area contributed by atoms with E-state index in [4.69, 9.17) is 9.40 Å². The van der Waals surface area contributed by atoms with Gasteiger partial charge in [-0.2, -0.15) is 0 Å². The normalized spacial score (nSPS) is 12.1. The molecule has 3 aromatic heterocycles. The van der Waals surface area contributed by atoms with E-state index in [1.165, 1.54) is 34.2 Å². The van der Waals surface area contributed by atoms with Crippen molar-refractivity contribution >= 4 is 34.1 Å². The summed E-state index contributed by atoms with van der Waals surface area (Å²) in [6, 6.07) is 20.8. The van der Waals surface area contributed by atoms with Gasteiger partial charge in [0, 0.05) is 12.6 Å². The fourth-order valence-corrected chi connectivity index (χ4v) is 6.08. The average molecular weight is 586 g/mol. The minimum atomic E-state index is -0.157. The minimum Gasteiger partial charge on any atom is -0.461 e. The molecule has 0 atom stereocenters. The molecule has 0 bridgehead atoms. The zero-order chi connectivity index (χ0) is 29.4. The van der Waals surface area contributed by atoms with Gasteiger partial charge in [0.15, 0.2) is 21.9 Å². The monoisotopic (exact) mass is 585 g/mol. The van der Waals surface area contributed by atoms with E-state index in [2.05, 4.69) is 106 Å². The van der Waals surface area contributed by atoms with Crippen molar-refractivity contribution in [3.05, 3.63) is 78.1 Å². The van der Waals surface area contributed by atoms with Gasteiger partial charge >= 0.3 is 0 Å². The Morgan fingerprint density at radius 1 is 0.902 bits per heavy atom. The molecule has 0 fully saturated rings. The topological polar surface area (TPSA) is 85.8 Å². The van der Waals surface area contributed by atoms with E-state index in [-0.39, 0.29) is 22.5 Å². The first-order valence-electron chi connectivity index (χ1n) is 13.5. The van der Waals surface area contributed by atoms with E-state index < -0.39 is 0 Å². The largest absolute Gasteiger partial charge is 0.461 e. The maximum absolute atomic E-state index is 13.0. The van der Waals surface area contributed by atoms with Gasteiger partial charge in [-0.05, 0) is 39.7 Å². The smallest absolute Gasteiger partial charge is 0.236 e. The predicted octanol–water partition coefficient (Wildman–Crippen LogP) is 8.19. The summed E-state index contributed by atoms with van der Waals surface area (Å²) >= 11 is 2.80. The van der Waals surface area contributed by atoms with Crippen molar-refractivity contribution in [2.24, 2.45) is 7.05 Å². The van der Waals surface area contributed by atoms with Gasteiger partial charge in [0.05, 0.1) is 22.6 Å². The lowest BCUT2D eigenvalue weighted by atomic mass is 9.86. The van der Waals surface area contributed by atoms with Crippen LogP contribution >= 0.6 is 23.1 Å². The molecule has 1 N–H and O–H groups in total. The Hall–Kier alpha value is -3.69. The number of carbonyl (C=O) groups is 1. The van der Waals surface area contributed by atoms with Gasteiger partial charge in [0.25, 0.3) is 0 Å². The second kappa shape index (κ2) is 11.3. The standard InChI is InChI=1S/C32H35N5O2S2/c1-31(2,3)22-14-10-20(11-15-22)26-27(21-12-16-23(17-13-21)32(4,5)6)41-29(34-26)33-25(38)19-40-30-36-35-28(37(30)7)24-9-8-18-39-24/h8-18H,19H2,1-7H3,(H,33,34,38). The van der Waals surface area contributed by atoms with Crippen LogP contribution in [0.4, 0.5) is 5.13 Å². The van der Waals surface area contributed by atoms with Gasteiger partial charge in [0.1, 0.15) is 0 Å². The Labute approximate surface area is 249 Å². The van der Waals surface area contributed by atoms with Crippen LogP contribution in [0.2, 0.25) is 0 Å². The quantitative estimate of drug-likeness (QED) is 0.194. The van der Waals surface area contributed by atoms with Crippen LogP contribution in [0.1, 0.15) is 52.7 Å². The number of nitrogens with zero attached hydrogens (tertiary/aromatic N) is 4. The van der Waals surface area contributed by atoms with Crippen molar-refractivity contribution in [2.75, 3.05) is 11.1 Å². The van der Waals surface area contributed by atoms with Gasteiger partial charge < -0.3 is 14.3 Å². The van der Waals surface area contributed by atoms with Crippen molar-refractivity contribution in [1.29, 1.82) is 0 Å². The highest BCUT2D eigenvalue weighted by Crippen LogP contribution is 2.40. The summed E-state index contributed by atoms with van der Waals surface area (Å²) in [5.74, 6) is 1.26. The summed E-state index contributed by atoms with van der Waals surface area (Å²) < 4.78 is 7.25. The summed E-state index contributed by atoms with van der Waals surface area (Å²) in [5, 5.41) is 12.6. The fraction of sp³-hybridized carbons (Fsp3) is 0.312. The van der Waals surface area contributed by atoms with E-state index in [0.717, 1.165) is 21.7 Å². The van der Waals surface area contributed by atoms with Gasteiger partial charge in [-0.25, -0.2) is 4.98 Å². The molecule has 2 aromatic carbocycles. The molecule has 0 spiro atoms. The van der Waals surface area contributed by atoms with Crippen molar-refractivity contribution in [2.45, 2.75) is 57.5 Å². The number of amides is 1. The number of nitrogens with one attached hydrogen (secondary N) is 1. The summed E-state index contributed by atoms with van der Waals surface area (Å²) in [6.07, 6.45) is 1.60. The molecule has 0 radical (unpaired) electrons. The van der Waals surface area contributed by atoms with Gasteiger partial charge in [-0.3, -0.25) is 4.79 Å². The molecule has 9 heteroatoms. The molecule has 0 aliphatic carbocycles. The number of benzene rings is 2. The number of thioether (sulfide) groups is 1. The summed E-state index contributed by atoms with van der Waals surface area (Å²) in [6.45, 7) is 13.2. The third-order valence-corrected chi connectivity index (χ3v) is 8.86. The maximum Gasteiger partial charge on any atom is 0.236 e. The highest BCUT2D eigenvalue weighted by molar-refractivity contribution is 7.99. The Bertz CT molecular complexity index is 1560. The number of rotatable bonds is 7. The number of furan rings is 1. The molecule has 5 rings (SSSR count). The second-order valence-corrected chi connectivity index (χ2v) is 14.0. The Kier molecular flexibility index (Phi) is 7.94. The van der Waals surface area contributed by atoms with Crippen LogP contribution in [0.15, 0.2) is 76.5 Å². The zero-order valence-corrected chi connectivity index (χ0v) is 26.1. The maximum atomic E-state index is 13.0. The van der Waals surface area contributed by atoms with Crippen LogP contribution in [0.3, 0.4) is 0 Å². The molecule has 7 nitrogen and oxygen atoms in total. The van der Waals surface area contributed by atoms with E-state index >= 15 is 0 Å². The molecule has 5 aromatic rings. The fourth-order valence-electron chi connectivity index (χ4n) is 4.36.